The summed E-state index contributed by atoms with van der Waals surface area (Å²) < 4.78 is 33.8. The lowest BCUT2D eigenvalue weighted by molar-refractivity contribution is 0.0196. The molecule has 0 bridgehead atoms. The van der Waals surface area contributed by atoms with E-state index in [1.54, 1.807) is 19.2 Å². The highest BCUT2D eigenvalue weighted by Crippen LogP contribution is 2.38. The van der Waals surface area contributed by atoms with Gasteiger partial charge in [-0.15, -0.1) is 0 Å². The summed E-state index contributed by atoms with van der Waals surface area (Å²) in [6, 6.07) is 11.7. The van der Waals surface area contributed by atoms with E-state index in [-0.39, 0.29) is 16.8 Å². The Morgan fingerprint density at radius 1 is 1.13 bits per heavy atom. The summed E-state index contributed by atoms with van der Waals surface area (Å²) in [5, 5.41) is 3.48. The van der Waals surface area contributed by atoms with E-state index in [1.807, 2.05) is 25.1 Å². The first-order valence-electron chi connectivity index (χ1n) is 10.0. The highest BCUT2D eigenvalue weighted by atomic mass is 35.5. The third-order valence-corrected chi connectivity index (χ3v) is 8.32. The number of fused-ring (bicyclic) bond motifs is 1. The first kappa shape index (κ1) is 21.2. The lowest BCUT2D eigenvalue weighted by Crippen LogP contribution is -2.51. The fraction of sp³-hybridized carbons (Fsp3) is 0.409. The SMILES string of the molecule is Cc1ccc2c(c1)C(=O)NCC1(CCC(N(C)S(=O)(=O)c3ccc(Cl)cc3)CC1)O2. The fourth-order valence-corrected chi connectivity index (χ4v) is 5.80. The van der Waals surface area contributed by atoms with Crippen LogP contribution in [-0.4, -0.2) is 43.9 Å². The highest BCUT2D eigenvalue weighted by molar-refractivity contribution is 7.89. The summed E-state index contributed by atoms with van der Waals surface area (Å²) in [5.74, 6) is 0.464. The predicted molar refractivity (Wildman–Crippen MR) is 116 cm³/mol. The molecule has 1 N–H and O–H groups in total. The zero-order valence-corrected chi connectivity index (χ0v) is 18.6. The first-order valence-corrected chi connectivity index (χ1v) is 11.8. The van der Waals surface area contributed by atoms with Crippen molar-refractivity contribution in [3.8, 4) is 5.75 Å². The number of nitrogens with one attached hydrogen (secondary N) is 1. The van der Waals surface area contributed by atoms with Gasteiger partial charge < -0.3 is 10.1 Å². The number of halogens is 1. The van der Waals surface area contributed by atoms with E-state index < -0.39 is 15.6 Å². The van der Waals surface area contributed by atoms with Crippen LogP contribution in [0.25, 0.3) is 0 Å². The quantitative estimate of drug-likeness (QED) is 0.775. The summed E-state index contributed by atoms with van der Waals surface area (Å²) in [6.07, 6.45) is 2.62. The van der Waals surface area contributed by atoms with Gasteiger partial charge in [-0.1, -0.05) is 23.2 Å². The monoisotopic (exact) mass is 448 g/mol. The number of benzene rings is 2. The zero-order chi connectivity index (χ0) is 21.5. The second-order valence-corrected chi connectivity index (χ2v) is 10.6. The van der Waals surface area contributed by atoms with Crippen molar-refractivity contribution >= 4 is 27.5 Å². The second kappa shape index (κ2) is 7.87. The van der Waals surface area contributed by atoms with Gasteiger partial charge in [-0.25, -0.2) is 8.42 Å². The van der Waals surface area contributed by atoms with Gasteiger partial charge in [0.15, 0.2) is 0 Å². The summed E-state index contributed by atoms with van der Waals surface area (Å²) in [6.45, 7) is 2.36. The van der Waals surface area contributed by atoms with E-state index in [9.17, 15) is 13.2 Å². The van der Waals surface area contributed by atoms with Crippen LogP contribution in [0.3, 0.4) is 0 Å². The first-order chi connectivity index (χ1) is 14.2. The van der Waals surface area contributed by atoms with Crippen molar-refractivity contribution in [1.82, 2.24) is 9.62 Å². The topological polar surface area (TPSA) is 75.7 Å². The van der Waals surface area contributed by atoms with E-state index in [1.165, 1.54) is 16.4 Å². The van der Waals surface area contributed by atoms with Crippen LogP contribution in [-0.2, 0) is 10.0 Å². The Labute approximate surface area is 182 Å². The maximum absolute atomic E-state index is 13.0. The number of hydrogen-bond acceptors (Lipinski definition) is 4. The van der Waals surface area contributed by atoms with Gasteiger partial charge in [-0.2, -0.15) is 4.31 Å². The van der Waals surface area contributed by atoms with E-state index in [2.05, 4.69) is 5.32 Å². The number of nitrogens with zero attached hydrogens (tertiary/aromatic N) is 1. The van der Waals surface area contributed by atoms with Crippen molar-refractivity contribution in [2.75, 3.05) is 13.6 Å². The second-order valence-electron chi connectivity index (χ2n) is 8.17. The molecule has 0 aromatic heterocycles. The molecule has 2 aromatic carbocycles. The van der Waals surface area contributed by atoms with Crippen LogP contribution in [0.4, 0.5) is 0 Å². The van der Waals surface area contributed by atoms with E-state index >= 15 is 0 Å². The average molecular weight is 449 g/mol. The molecule has 2 aromatic rings. The molecule has 1 saturated carbocycles. The predicted octanol–water partition coefficient (Wildman–Crippen LogP) is 3.77. The Kier molecular flexibility index (Phi) is 5.55. The molecule has 1 aliphatic carbocycles. The van der Waals surface area contributed by atoms with Gasteiger partial charge in [-0.3, -0.25) is 4.79 Å². The minimum atomic E-state index is -3.60. The molecule has 0 atom stereocenters. The van der Waals surface area contributed by atoms with Gasteiger partial charge in [0.2, 0.25) is 10.0 Å². The number of hydrogen-bond donors (Lipinski definition) is 1. The van der Waals surface area contributed by atoms with Gasteiger partial charge in [0.05, 0.1) is 17.0 Å². The van der Waals surface area contributed by atoms with Crippen molar-refractivity contribution in [2.24, 2.45) is 0 Å². The van der Waals surface area contributed by atoms with Crippen molar-refractivity contribution in [3.05, 3.63) is 58.6 Å². The Hall–Kier alpha value is -2.09. The highest BCUT2D eigenvalue weighted by Gasteiger charge is 2.42. The maximum Gasteiger partial charge on any atom is 0.255 e. The van der Waals surface area contributed by atoms with Gasteiger partial charge in [0, 0.05) is 18.1 Å². The van der Waals surface area contributed by atoms with Gasteiger partial charge in [0.1, 0.15) is 11.4 Å². The molecule has 2 aliphatic rings. The van der Waals surface area contributed by atoms with Crippen LogP contribution in [0, 0.1) is 6.92 Å². The number of amides is 1. The van der Waals surface area contributed by atoms with Crippen LogP contribution in [0.1, 0.15) is 41.6 Å². The third kappa shape index (κ3) is 3.94. The summed E-state index contributed by atoms with van der Waals surface area (Å²) in [4.78, 5) is 12.7. The number of aryl methyl sites for hydroxylation is 1. The van der Waals surface area contributed by atoms with Crippen LogP contribution in [0.2, 0.25) is 5.02 Å². The largest absolute Gasteiger partial charge is 0.485 e. The minimum Gasteiger partial charge on any atom is -0.485 e. The Bertz CT molecular complexity index is 1060. The lowest BCUT2D eigenvalue weighted by atomic mass is 9.82. The van der Waals surface area contributed by atoms with Gasteiger partial charge in [0.25, 0.3) is 5.91 Å². The fourth-order valence-electron chi connectivity index (χ4n) is 4.26. The average Bonchev–Trinajstić information content (AvgIpc) is 2.86. The number of carbonyl (C=O) groups excluding carboxylic acids is 1. The minimum absolute atomic E-state index is 0.128. The number of sulfonamides is 1. The molecular weight excluding hydrogens is 424 g/mol. The molecule has 30 heavy (non-hydrogen) atoms. The third-order valence-electron chi connectivity index (χ3n) is 6.15. The Morgan fingerprint density at radius 3 is 2.47 bits per heavy atom. The van der Waals surface area contributed by atoms with Crippen molar-refractivity contribution in [3.63, 3.8) is 0 Å². The van der Waals surface area contributed by atoms with Gasteiger partial charge in [-0.05, 0) is 69.0 Å². The molecule has 0 saturated heterocycles. The normalized spacial score (nSPS) is 24.1. The van der Waals surface area contributed by atoms with E-state index in [0.717, 1.165) is 5.56 Å². The molecule has 1 aliphatic heterocycles. The van der Waals surface area contributed by atoms with E-state index in [4.69, 9.17) is 16.3 Å². The van der Waals surface area contributed by atoms with Gasteiger partial charge >= 0.3 is 0 Å². The summed E-state index contributed by atoms with van der Waals surface area (Å²) >= 11 is 5.89. The molecule has 160 valence electrons. The summed E-state index contributed by atoms with van der Waals surface area (Å²) in [5.41, 5.74) is 1.04. The molecule has 8 heteroatoms. The molecule has 1 amide bonds. The molecule has 0 radical (unpaired) electrons. The Balaban J connectivity index is 1.50. The van der Waals surface area contributed by atoms with Crippen LogP contribution in [0.5, 0.6) is 5.75 Å². The zero-order valence-electron chi connectivity index (χ0n) is 17.0. The van der Waals surface area contributed by atoms with Crippen LogP contribution >= 0.6 is 11.6 Å². The summed E-state index contributed by atoms with van der Waals surface area (Å²) in [7, 11) is -1.98. The Morgan fingerprint density at radius 2 is 1.80 bits per heavy atom. The molecule has 1 fully saturated rings. The van der Waals surface area contributed by atoms with Crippen LogP contribution in [0.15, 0.2) is 47.4 Å². The lowest BCUT2D eigenvalue weighted by Gasteiger charge is -2.41. The van der Waals surface area contributed by atoms with Crippen molar-refractivity contribution in [2.45, 2.75) is 49.1 Å². The molecule has 4 rings (SSSR count). The maximum atomic E-state index is 13.0. The van der Waals surface area contributed by atoms with Crippen molar-refractivity contribution < 1.29 is 17.9 Å². The number of carbonyl (C=O) groups is 1. The molecular formula is C22H25ClN2O4S. The smallest absolute Gasteiger partial charge is 0.255 e. The molecule has 0 unspecified atom stereocenters. The van der Waals surface area contributed by atoms with Crippen molar-refractivity contribution in [1.29, 1.82) is 0 Å². The molecule has 1 spiro atoms. The number of rotatable bonds is 3. The molecule has 6 nitrogen and oxygen atoms in total. The van der Waals surface area contributed by atoms with E-state index in [0.29, 0.717) is 48.6 Å². The number of ether oxygens (including phenoxy) is 1. The standard InChI is InChI=1S/C22H25ClN2O4S/c1-15-3-8-20-19(13-15)21(26)24-14-22(29-20)11-9-17(10-12-22)25(2)30(27,28)18-6-4-16(23)5-7-18/h3-8,13,17H,9-12,14H2,1-2H3,(H,24,26). The molecule has 1 heterocycles. The van der Waals surface area contributed by atoms with Crippen LogP contribution < -0.4 is 10.1 Å².